The summed E-state index contributed by atoms with van der Waals surface area (Å²) >= 11 is 1.13. The summed E-state index contributed by atoms with van der Waals surface area (Å²) in [5.41, 5.74) is 2.25. The maximum Gasteiger partial charge on any atom is 0.409 e. The molecule has 1 saturated heterocycles. The molecular weight excluding hydrogens is 567 g/mol. The lowest BCUT2D eigenvalue weighted by molar-refractivity contribution is -0.134. The van der Waals surface area contributed by atoms with Crippen LogP contribution in [-0.2, 0) is 14.1 Å². The molecule has 0 radical (unpaired) electrons. The standard InChI is InChI=1S/C28H33N4O7PS/c1-2-3-18-39-28(35)32-16-14-31(15-17-32)27(34)22(19-40(36,37)38)29-25(33)26-30-23(20-10-6-4-7-11-20)24(41-26)21-12-8-5-9-13-21/h4-13,22H,2-3,14-19H2,1H3,(H,29,33)(H2,36,37,38)/t22-/m0/s1. The van der Waals surface area contributed by atoms with E-state index in [1.807, 2.05) is 67.6 Å². The molecule has 2 aromatic carbocycles. The second-order valence-electron chi connectivity index (χ2n) is 9.58. The van der Waals surface area contributed by atoms with Gasteiger partial charge in [-0.3, -0.25) is 14.2 Å². The Morgan fingerprint density at radius 3 is 2.15 bits per heavy atom. The summed E-state index contributed by atoms with van der Waals surface area (Å²) in [6, 6.07) is 17.3. The predicted molar refractivity (Wildman–Crippen MR) is 156 cm³/mol. The summed E-state index contributed by atoms with van der Waals surface area (Å²) in [7, 11) is -4.68. The molecule has 0 aliphatic carbocycles. The SMILES string of the molecule is CCCCOC(=O)N1CCN(C(=O)[C@H](CP(=O)(O)O)NC(=O)c2nc(-c3ccccc3)c(-c3ccccc3)s2)CC1. The Balaban J connectivity index is 1.51. The second kappa shape index (κ2) is 13.9. The minimum atomic E-state index is -4.68. The van der Waals surface area contributed by atoms with Crippen LogP contribution in [-0.4, -0.2) is 87.5 Å². The Morgan fingerprint density at radius 1 is 0.976 bits per heavy atom. The third kappa shape index (κ3) is 8.23. The molecule has 1 aliphatic rings. The molecule has 218 valence electrons. The molecule has 1 aromatic heterocycles. The zero-order valence-corrected chi connectivity index (χ0v) is 24.4. The van der Waals surface area contributed by atoms with Gasteiger partial charge >= 0.3 is 13.7 Å². The largest absolute Gasteiger partial charge is 0.449 e. The maximum absolute atomic E-state index is 13.4. The topological polar surface area (TPSA) is 149 Å². The van der Waals surface area contributed by atoms with Gasteiger partial charge in [0, 0.05) is 31.7 Å². The fourth-order valence-electron chi connectivity index (χ4n) is 4.36. The highest BCUT2D eigenvalue weighted by molar-refractivity contribution is 7.51. The third-order valence-corrected chi connectivity index (χ3v) is 8.45. The van der Waals surface area contributed by atoms with Crippen molar-refractivity contribution in [3.05, 3.63) is 65.7 Å². The van der Waals surface area contributed by atoms with Gasteiger partial charge in [-0.05, 0) is 12.0 Å². The third-order valence-electron chi connectivity index (χ3n) is 6.50. The molecule has 4 rings (SSSR count). The highest BCUT2D eigenvalue weighted by Crippen LogP contribution is 2.38. The van der Waals surface area contributed by atoms with Crippen LogP contribution in [0.3, 0.4) is 0 Å². The quantitative estimate of drug-likeness (QED) is 0.235. The highest BCUT2D eigenvalue weighted by Gasteiger charge is 2.35. The molecule has 2 heterocycles. The van der Waals surface area contributed by atoms with Crippen LogP contribution in [0, 0.1) is 0 Å². The van der Waals surface area contributed by atoms with Gasteiger partial charge < -0.3 is 29.6 Å². The van der Waals surface area contributed by atoms with E-state index in [1.165, 1.54) is 9.80 Å². The monoisotopic (exact) mass is 600 g/mol. The highest BCUT2D eigenvalue weighted by atomic mass is 32.1. The fourth-order valence-corrected chi connectivity index (χ4v) is 6.08. The number of hydrogen-bond donors (Lipinski definition) is 3. The van der Waals surface area contributed by atoms with Crippen LogP contribution in [0.5, 0.6) is 0 Å². The zero-order chi connectivity index (χ0) is 29.4. The van der Waals surface area contributed by atoms with Gasteiger partial charge in [0.05, 0.1) is 23.3 Å². The molecule has 3 aromatic rings. The summed E-state index contributed by atoms with van der Waals surface area (Å²) in [5.74, 6) is -1.34. The lowest BCUT2D eigenvalue weighted by Gasteiger charge is -2.36. The molecule has 0 bridgehead atoms. The van der Waals surface area contributed by atoms with Crippen molar-refractivity contribution in [1.29, 1.82) is 0 Å². The summed E-state index contributed by atoms with van der Waals surface area (Å²) in [5, 5.41) is 2.58. The Kier molecular flexibility index (Phi) is 10.3. The van der Waals surface area contributed by atoms with E-state index in [-0.39, 0.29) is 31.2 Å². The van der Waals surface area contributed by atoms with E-state index in [0.717, 1.165) is 40.2 Å². The first-order valence-corrected chi connectivity index (χ1v) is 15.9. The molecule has 1 fully saturated rings. The van der Waals surface area contributed by atoms with E-state index in [2.05, 4.69) is 10.3 Å². The molecule has 3 N–H and O–H groups in total. The number of nitrogens with zero attached hydrogens (tertiary/aromatic N) is 3. The van der Waals surface area contributed by atoms with Crippen molar-refractivity contribution in [3.63, 3.8) is 0 Å². The molecule has 11 nitrogen and oxygen atoms in total. The Labute approximate surface area is 242 Å². The molecule has 0 saturated carbocycles. The lowest BCUT2D eigenvalue weighted by atomic mass is 10.1. The Morgan fingerprint density at radius 2 is 1.56 bits per heavy atom. The fraction of sp³-hybridized carbons (Fsp3) is 0.357. The van der Waals surface area contributed by atoms with Gasteiger partial charge in [0.25, 0.3) is 5.91 Å². The molecule has 0 spiro atoms. The van der Waals surface area contributed by atoms with E-state index in [4.69, 9.17) is 4.74 Å². The van der Waals surface area contributed by atoms with Gasteiger partial charge in [0.15, 0.2) is 5.01 Å². The van der Waals surface area contributed by atoms with E-state index < -0.39 is 37.7 Å². The number of carbonyl (C=O) groups excluding carboxylic acids is 3. The average molecular weight is 601 g/mol. The second-order valence-corrected chi connectivity index (χ2v) is 12.3. The average Bonchev–Trinajstić information content (AvgIpc) is 3.43. The Bertz CT molecular complexity index is 1330. The summed E-state index contributed by atoms with van der Waals surface area (Å²) in [6.07, 6.45) is 0.328. The van der Waals surface area contributed by atoms with Crippen molar-refractivity contribution in [2.75, 3.05) is 38.9 Å². The van der Waals surface area contributed by atoms with Gasteiger partial charge in [0.1, 0.15) is 6.04 Å². The first-order valence-electron chi connectivity index (χ1n) is 13.3. The van der Waals surface area contributed by atoms with Gasteiger partial charge in [-0.25, -0.2) is 9.78 Å². The summed E-state index contributed by atoms with van der Waals surface area (Å²) in [6.45, 7) is 3.01. The van der Waals surface area contributed by atoms with Crippen molar-refractivity contribution in [2.45, 2.75) is 25.8 Å². The van der Waals surface area contributed by atoms with Crippen LogP contribution in [0.25, 0.3) is 21.7 Å². The number of thiazole rings is 1. The maximum atomic E-state index is 13.4. The number of unbranched alkanes of at least 4 members (excludes halogenated alkanes) is 1. The van der Waals surface area contributed by atoms with Crippen molar-refractivity contribution < 1.29 is 33.5 Å². The van der Waals surface area contributed by atoms with Crippen molar-refractivity contribution >= 4 is 36.8 Å². The van der Waals surface area contributed by atoms with Crippen LogP contribution in [0.1, 0.15) is 29.6 Å². The van der Waals surface area contributed by atoms with Gasteiger partial charge in [-0.15, -0.1) is 11.3 Å². The number of nitrogens with one attached hydrogen (secondary N) is 1. The molecule has 1 atom stereocenters. The number of ether oxygens (including phenoxy) is 1. The van der Waals surface area contributed by atoms with Crippen LogP contribution >= 0.6 is 18.9 Å². The van der Waals surface area contributed by atoms with Gasteiger partial charge in [0.2, 0.25) is 5.91 Å². The normalized spacial score (nSPS) is 14.4. The minimum absolute atomic E-state index is 0.0610. The number of amides is 3. The van der Waals surface area contributed by atoms with E-state index >= 15 is 0 Å². The number of piperazine rings is 1. The van der Waals surface area contributed by atoms with E-state index in [9.17, 15) is 28.7 Å². The zero-order valence-electron chi connectivity index (χ0n) is 22.6. The molecule has 1 aliphatic heterocycles. The molecule has 0 unspecified atom stereocenters. The number of hydrogen-bond acceptors (Lipinski definition) is 7. The van der Waals surface area contributed by atoms with E-state index in [0.29, 0.717) is 12.3 Å². The first-order chi connectivity index (χ1) is 19.7. The Hall–Kier alpha value is -3.57. The van der Waals surface area contributed by atoms with Gasteiger partial charge in [-0.2, -0.15) is 0 Å². The predicted octanol–water partition coefficient (Wildman–Crippen LogP) is 3.83. The minimum Gasteiger partial charge on any atom is -0.449 e. The molecule has 41 heavy (non-hydrogen) atoms. The van der Waals surface area contributed by atoms with Crippen LogP contribution in [0.4, 0.5) is 4.79 Å². The van der Waals surface area contributed by atoms with Crippen molar-refractivity contribution in [2.24, 2.45) is 0 Å². The number of carbonyl (C=O) groups is 3. The molecular formula is C28H33N4O7PS. The van der Waals surface area contributed by atoms with Crippen LogP contribution in [0.15, 0.2) is 60.7 Å². The van der Waals surface area contributed by atoms with Gasteiger partial charge in [-0.1, -0.05) is 74.0 Å². The first kappa shape index (κ1) is 30.4. The van der Waals surface area contributed by atoms with Crippen LogP contribution in [0.2, 0.25) is 0 Å². The molecule has 13 heteroatoms. The van der Waals surface area contributed by atoms with E-state index in [1.54, 1.807) is 0 Å². The smallest absolute Gasteiger partial charge is 0.409 e. The summed E-state index contributed by atoms with van der Waals surface area (Å²) in [4.78, 5) is 66.5. The summed E-state index contributed by atoms with van der Waals surface area (Å²) < 4.78 is 17.2. The number of benzene rings is 2. The number of rotatable bonds is 10. The van der Waals surface area contributed by atoms with Crippen molar-refractivity contribution in [3.8, 4) is 21.7 Å². The van der Waals surface area contributed by atoms with Crippen LogP contribution < -0.4 is 5.32 Å². The number of aromatic nitrogens is 1. The molecule has 3 amide bonds. The lowest BCUT2D eigenvalue weighted by Crippen LogP contribution is -2.56. The van der Waals surface area contributed by atoms with Crippen molar-refractivity contribution in [1.82, 2.24) is 20.1 Å².